The largest absolute Gasteiger partial charge is 0.351 e. The van der Waals surface area contributed by atoms with E-state index in [0.29, 0.717) is 17.3 Å². The van der Waals surface area contributed by atoms with Crippen LogP contribution in [-0.2, 0) is 11.3 Å². The third kappa shape index (κ3) is 2.86. The maximum absolute atomic E-state index is 12.7. The monoisotopic (exact) mass is 358 g/mol. The second kappa shape index (κ2) is 6.29. The quantitative estimate of drug-likeness (QED) is 0.783. The summed E-state index contributed by atoms with van der Waals surface area (Å²) < 4.78 is 4.21. The fraction of sp³-hybridized carbons (Fsp3) is 0.500. The number of rotatable bonds is 3. The summed E-state index contributed by atoms with van der Waals surface area (Å²) in [7, 11) is 0. The molecule has 0 radical (unpaired) electrons. The normalized spacial score (nSPS) is 21.0. The van der Waals surface area contributed by atoms with E-state index in [1.807, 2.05) is 28.8 Å². The predicted molar refractivity (Wildman–Crippen MR) is 99.1 cm³/mol. The first-order chi connectivity index (χ1) is 12.0. The van der Waals surface area contributed by atoms with Gasteiger partial charge in [0.25, 0.3) is 5.56 Å². The summed E-state index contributed by atoms with van der Waals surface area (Å²) in [5.41, 5.74) is 1.35. The van der Waals surface area contributed by atoms with E-state index in [2.05, 4.69) is 17.3 Å². The number of aromatic nitrogens is 3. The van der Waals surface area contributed by atoms with Gasteiger partial charge in [-0.15, -0.1) is 11.3 Å². The number of thiophene rings is 1. The Morgan fingerprint density at radius 3 is 2.96 bits per heavy atom. The smallest absolute Gasteiger partial charge is 0.291 e. The lowest BCUT2D eigenvalue weighted by Gasteiger charge is -2.29. The number of carbonyl (C=O) groups excluding carboxylic acids is 1. The Bertz CT molecular complexity index is 1000. The SMILES string of the molecule is Cc1nn(CC(=O)N[C@@H]2CCCC[C@H]2C)c(=O)c2cc3sccc3n12. The van der Waals surface area contributed by atoms with Crippen LogP contribution in [0, 0.1) is 12.8 Å². The van der Waals surface area contributed by atoms with Gasteiger partial charge in [-0.2, -0.15) is 5.10 Å². The van der Waals surface area contributed by atoms with Crippen molar-refractivity contribution < 1.29 is 4.79 Å². The molecule has 4 rings (SSSR count). The van der Waals surface area contributed by atoms with Crippen LogP contribution < -0.4 is 10.9 Å². The predicted octanol–water partition coefficient (Wildman–Crippen LogP) is 2.71. The van der Waals surface area contributed by atoms with Crippen LogP contribution in [0.25, 0.3) is 15.7 Å². The molecule has 0 spiro atoms. The minimum atomic E-state index is -0.221. The molecule has 1 aliphatic carbocycles. The molecule has 7 heteroatoms. The first kappa shape index (κ1) is 16.3. The van der Waals surface area contributed by atoms with E-state index in [1.165, 1.54) is 11.1 Å². The van der Waals surface area contributed by atoms with Gasteiger partial charge in [-0.25, -0.2) is 4.68 Å². The van der Waals surface area contributed by atoms with E-state index in [-0.39, 0.29) is 24.1 Å². The fourth-order valence-corrected chi connectivity index (χ4v) is 4.66. The van der Waals surface area contributed by atoms with E-state index in [4.69, 9.17) is 0 Å². The number of carbonyl (C=O) groups is 1. The van der Waals surface area contributed by atoms with Gasteiger partial charge >= 0.3 is 0 Å². The molecule has 1 N–H and O–H groups in total. The molecule has 2 atom stereocenters. The molecule has 1 saturated carbocycles. The van der Waals surface area contributed by atoms with Gasteiger partial charge in [0.1, 0.15) is 17.9 Å². The third-order valence-corrected chi connectivity index (χ3v) is 6.07. The molecular weight excluding hydrogens is 336 g/mol. The Morgan fingerprint density at radius 2 is 2.16 bits per heavy atom. The van der Waals surface area contributed by atoms with Gasteiger partial charge in [-0.1, -0.05) is 19.8 Å². The molecule has 0 aliphatic heterocycles. The number of amides is 1. The van der Waals surface area contributed by atoms with Crippen LogP contribution >= 0.6 is 11.3 Å². The summed E-state index contributed by atoms with van der Waals surface area (Å²) in [6.07, 6.45) is 4.55. The van der Waals surface area contributed by atoms with Crippen molar-refractivity contribution in [2.45, 2.75) is 52.1 Å². The van der Waals surface area contributed by atoms with Gasteiger partial charge in [0.15, 0.2) is 0 Å². The molecule has 0 unspecified atom stereocenters. The van der Waals surface area contributed by atoms with E-state index in [9.17, 15) is 9.59 Å². The van der Waals surface area contributed by atoms with Gasteiger partial charge in [0.2, 0.25) is 5.91 Å². The molecule has 25 heavy (non-hydrogen) atoms. The van der Waals surface area contributed by atoms with Crippen molar-refractivity contribution in [1.29, 1.82) is 0 Å². The number of hydrogen-bond acceptors (Lipinski definition) is 4. The van der Waals surface area contributed by atoms with Crippen molar-refractivity contribution in [3.05, 3.63) is 33.7 Å². The number of nitrogens with zero attached hydrogens (tertiary/aromatic N) is 3. The highest BCUT2D eigenvalue weighted by Gasteiger charge is 2.23. The molecule has 1 aliphatic rings. The highest BCUT2D eigenvalue weighted by molar-refractivity contribution is 7.17. The standard InChI is InChI=1S/C18H22N4O2S/c1-11-5-3-4-6-13(11)19-17(23)10-21-18(24)15-9-16-14(7-8-25-16)22(15)12(2)20-21/h7-9,11,13H,3-6,10H2,1-2H3,(H,19,23)/t11-,13-/m1/s1. The Hall–Kier alpha value is -2.15. The minimum absolute atomic E-state index is 0.0295. The van der Waals surface area contributed by atoms with Crippen molar-refractivity contribution >= 4 is 33.0 Å². The van der Waals surface area contributed by atoms with E-state index >= 15 is 0 Å². The zero-order chi connectivity index (χ0) is 17.6. The number of aryl methyl sites for hydroxylation is 1. The summed E-state index contributed by atoms with van der Waals surface area (Å²) in [6.45, 7) is 4.01. The fourth-order valence-electron chi connectivity index (χ4n) is 3.85. The zero-order valence-electron chi connectivity index (χ0n) is 14.5. The van der Waals surface area contributed by atoms with Gasteiger partial charge in [-0.05, 0) is 43.2 Å². The Labute approximate surface area is 149 Å². The van der Waals surface area contributed by atoms with Crippen LogP contribution in [0.3, 0.4) is 0 Å². The topological polar surface area (TPSA) is 68.4 Å². The van der Waals surface area contributed by atoms with Gasteiger partial charge in [0.05, 0.1) is 10.2 Å². The van der Waals surface area contributed by atoms with Crippen LogP contribution in [0.2, 0.25) is 0 Å². The highest BCUT2D eigenvalue weighted by atomic mass is 32.1. The van der Waals surface area contributed by atoms with Crippen molar-refractivity contribution in [1.82, 2.24) is 19.5 Å². The number of fused-ring (bicyclic) bond motifs is 3. The second-order valence-corrected chi connectivity index (χ2v) is 7.93. The maximum Gasteiger partial charge on any atom is 0.291 e. The average molecular weight is 358 g/mol. The van der Waals surface area contributed by atoms with E-state index in [0.717, 1.165) is 29.5 Å². The molecule has 3 aromatic heterocycles. The Kier molecular flexibility index (Phi) is 4.11. The first-order valence-electron chi connectivity index (χ1n) is 8.80. The molecule has 0 aromatic carbocycles. The lowest BCUT2D eigenvalue weighted by atomic mass is 9.86. The average Bonchev–Trinajstić information content (AvgIpc) is 3.15. The van der Waals surface area contributed by atoms with Crippen LogP contribution in [0.5, 0.6) is 0 Å². The zero-order valence-corrected chi connectivity index (χ0v) is 15.3. The Balaban J connectivity index is 1.62. The summed E-state index contributed by atoms with van der Waals surface area (Å²) >= 11 is 1.60. The lowest BCUT2D eigenvalue weighted by molar-refractivity contribution is -0.123. The highest BCUT2D eigenvalue weighted by Crippen LogP contribution is 2.25. The number of hydrogen-bond donors (Lipinski definition) is 1. The van der Waals surface area contributed by atoms with Crippen LogP contribution in [0.4, 0.5) is 0 Å². The molecule has 1 fully saturated rings. The molecule has 3 aromatic rings. The molecule has 3 heterocycles. The van der Waals surface area contributed by atoms with E-state index < -0.39 is 0 Å². The van der Waals surface area contributed by atoms with Crippen molar-refractivity contribution in [2.24, 2.45) is 5.92 Å². The van der Waals surface area contributed by atoms with Crippen molar-refractivity contribution in [2.75, 3.05) is 0 Å². The van der Waals surface area contributed by atoms with Crippen LogP contribution in [0.15, 0.2) is 22.3 Å². The summed E-state index contributed by atoms with van der Waals surface area (Å²) in [5.74, 6) is 1.07. The first-order valence-corrected chi connectivity index (χ1v) is 9.68. The molecule has 0 bridgehead atoms. The van der Waals surface area contributed by atoms with Gasteiger partial charge < -0.3 is 5.32 Å². The Morgan fingerprint density at radius 1 is 1.36 bits per heavy atom. The molecule has 132 valence electrons. The van der Waals surface area contributed by atoms with E-state index in [1.54, 1.807) is 11.3 Å². The van der Waals surface area contributed by atoms with Crippen molar-refractivity contribution in [3.8, 4) is 0 Å². The maximum atomic E-state index is 12.7. The molecule has 6 nitrogen and oxygen atoms in total. The molecule has 1 amide bonds. The van der Waals surface area contributed by atoms with Gasteiger partial charge in [-0.3, -0.25) is 14.0 Å². The van der Waals surface area contributed by atoms with Gasteiger partial charge in [0, 0.05) is 6.04 Å². The van der Waals surface area contributed by atoms with Crippen LogP contribution in [-0.4, -0.2) is 26.1 Å². The second-order valence-electron chi connectivity index (χ2n) is 6.98. The molecule has 0 saturated heterocycles. The van der Waals surface area contributed by atoms with Crippen LogP contribution in [0.1, 0.15) is 38.4 Å². The third-order valence-electron chi connectivity index (χ3n) is 5.22. The minimum Gasteiger partial charge on any atom is -0.351 e. The molecular formula is C18H22N4O2S. The van der Waals surface area contributed by atoms with Crippen molar-refractivity contribution in [3.63, 3.8) is 0 Å². The summed E-state index contributed by atoms with van der Waals surface area (Å²) in [5, 5.41) is 9.46. The summed E-state index contributed by atoms with van der Waals surface area (Å²) in [6, 6.07) is 4.08. The summed E-state index contributed by atoms with van der Waals surface area (Å²) in [4.78, 5) is 25.2. The lowest BCUT2D eigenvalue weighted by Crippen LogP contribution is -2.44. The number of nitrogens with one attached hydrogen (secondary N) is 1.